The van der Waals surface area contributed by atoms with Crippen molar-refractivity contribution in [2.75, 3.05) is 0 Å². The van der Waals surface area contributed by atoms with Gasteiger partial charge in [0.05, 0.1) is 7.29 Å². The molecule has 0 bridgehead atoms. The molecule has 1 unspecified atom stereocenters. The number of benzene rings is 2. The summed E-state index contributed by atoms with van der Waals surface area (Å²) in [6.07, 6.45) is 9.96. The number of imidazole rings is 1. The Labute approximate surface area is 182 Å². The fourth-order valence-corrected chi connectivity index (χ4v) is 6.52. The lowest BCUT2D eigenvalue weighted by atomic mass is 9.90. The lowest BCUT2D eigenvalue weighted by Crippen LogP contribution is -2.45. The molecular weight excluding hydrogens is 364 g/mol. The zero-order valence-corrected chi connectivity index (χ0v) is 18.3. The van der Waals surface area contributed by atoms with Crippen molar-refractivity contribution in [2.45, 2.75) is 77.1 Å². The van der Waals surface area contributed by atoms with Crippen molar-refractivity contribution in [3.05, 3.63) is 71.2 Å². The zero-order chi connectivity index (χ0) is 21.2. The minimum atomic E-state index is -0.682. The van der Waals surface area contributed by atoms with E-state index in [1.807, 2.05) is 0 Å². The zero-order valence-electron chi connectivity index (χ0n) is 19.3. The number of rotatable bonds is 3. The Morgan fingerprint density at radius 3 is 2.30 bits per heavy atom. The average Bonchev–Trinajstić information content (AvgIpc) is 3.56. The van der Waals surface area contributed by atoms with Crippen LogP contribution in [0.2, 0.25) is 0 Å². The van der Waals surface area contributed by atoms with Crippen LogP contribution in [0.3, 0.4) is 0 Å². The fourth-order valence-electron chi connectivity index (χ4n) is 6.52. The fraction of sp³-hybridized carbons (Fsp3) is 0.464. The molecule has 2 heteroatoms. The highest BCUT2D eigenvalue weighted by atomic mass is 15.2. The largest absolute Gasteiger partial charge is 0.266 e. The Morgan fingerprint density at radius 2 is 1.53 bits per heavy atom. The molecule has 6 rings (SSSR count). The molecule has 1 atom stereocenters. The topological polar surface area (TPSA) is 8.81 Å². The highest BCUT2D eigenvalue weighted by Gasteiger charge is 2.48. The molecule has 0 saturated heterocycles. The first-order valence-corrected chi connectivity index (χ1v) is 12.0. The predicted molar refractivity (Wildman–Crippen MR) is 122 cm³/mol. The van der Waals surface area contributed by atoms with Crippen LogP contribution in [0.1, 0.15) is 87.3 Å². The summed E-state index contributed by atoms with van der Waals surface area (Å²) in [7, 11) is 0. The molecule has 2 heterocycles. The lowest BCUT2D eigenvalue weighted by molar-refractivity contribution is -0.712. The summed E-state index contributed by atoms with van der Waals surface area (Å²) in [6, 6.07) is 16.9. The number of aromatic nitrogens is 2. The van der Waals surface area contributed by atoms with Crippen LogP contribution in [0, 0.1) is 19.8 Å². The SMILES string of the molecule is [2H]C1(C2CCCC2)c2ccccc2-c2c(C)n(-c3ccccc3C)c(C3CCCC3)[n+]21. The molecule has 30 heavy (non-hydrogen) atoms. The molecule has 154 valence electrons. The summed E-state index contributed by atoms with van der Waals surface area (Å²) in [5.41, 5.74) is 7.71. The molecule has 2 saturated carbocycles. The van der Waals surface area contributed by atoms with Gasteiger partial charge in [-0.3, -0.25) is 0 Å². The minimum absolute atomic E-state index is 0.396. The van der Waals surface area contributed by atoms with Gasteiger partial charge in [-0.1, -0.05) is 68.1 Å². The molecule has 0 N–H and O–H groups in total. The number of hydrogen-bond donors (Lipinski definition) is 0. The van der Waals surface area contributed by atoms with Crippen LogP contribution in [0.15, 0.2) is 48.5 Å². The third kappa shape index (κ3) is 2.58. The van der Waals surface area contributed by atoms with Crippen molar-refractivity contribution in [3.8, 4) is 16.9 Å². The van der Waals surface area contributed by atoms with Gasteiger partial charge >= 0.3 is 0 Å². The number of hydrogen-bond acceptors (Lipinski definition) is 0. The highest BCUT2D eigenvalue weighted by molar-refractivity contribution is 5.68. The van der Waals surface area contributed by atoms with E-state index < -0.39 is 6.02 Å². The molecular formula is C28H33N2+. The second kappa shape index (κ2) is 7.11. The first-order valence-electron chi connectivity index (χ1n) is 12.5. The van der Waals surface area contributed by atoms with E-state index in [1.54, 1.807) is 0 Å². The minimum Gasteiger partial charge on any atom is -0.219 e. The van der Waals surface area contributed by atoms with Crippen LogP contribution in [-0.2, 0) is 0 Å². The quantitative estimate of drug-likeness (QED) is 0.429. The molecule has 2 nitrogen and oxygen atoms in total. The summed E-state index contributed by atoms with van der Waals surface area (Å²) < 4.78 is 15.2. The first-order chi connectivity index (χ1) is 15.1. The van der Waals surface area contributed by atoms with E-state index in [0.717, 1.165) is 0 Å². The highest BCUT2D eigenvalue weighted by Crippen LogP contribution is 2.47. The Hall–Kier alpha value is -2.35. The van der Waals surface area contributed by atoms with Gasteiger partial charge in [-0.05, 0) is 44.2 Å². The Bertz CT molecular complexity index is 1150. The third-order valence-electron chi connectivity index (χ3n) is 7.88. The molecule has 3 aliphatic rings. The molecule has 1 aliphatic heterocycles. The van der Waals surface area contributed by atoms with Crippen molar-refractivity contribution in [3.63, 3.8) is 0 Å². The smallest absolute Gasteiger partial charge is 0.219 e. The van der Waals surface area contributed by atoms with Crippen molar-refractivity contribution in [2.24, 2.45) is 5.92 Å². The first kappa shape index (κ1) is 17.3. The van der Waals surface area contributed by atoms with Crippen molar-refractivity contribution >= 4 is 0 Å². The molecule has 3 aromatic rings. The van der Waals surface area contributed by atoms with Gasteiger partial charge in [-0.15, -0.1) is 0 Å². The van der Waals surface area contributed by atoms with E-state index in [9.17, 15) is 1.37 Å². The van der Waals surface area contributed by atoms with Crippen LogP contribution in [0.5, 0.6) is 0 Å². The maximum Gasteiger partial charge on any atom is 0.266 e. The van der Waals surface area contributed by atoms with E-state index >= 15 is 0 Å². The number of nitrogens with zero attached hydrogens (tertiary/aromatic N) is 2. The van der Waals surface area contributed by atoms with Gasteiger partial charge in [-0.2, -0.15) is 4.57 Å². The molecule has 2 aromatic carbocycles. The van der Waals surface area contributed by atoms with E-state index in [4.69, 9.17) is 0 Å². The predicted octanol–water partition coefficient (Wildman–Crippen LogP) is 6.80. The maximum atomic E-state index is 10.1. The molecule has 2 fully saturated rings. The van der Waals surface area contributed by atoms with Crippen molar-refractivity contribution < 1.29 is 5.94 Å². The Morgan fingerprint density at radius 1 is 0.867 bits per heavy atom. The lowest BCUT2D eigenvalue weighted by Gasteiger charge is -2.21. The standard InChI is InChI=1S/C28H33N2/c1-19-11-3-10-18-25(19)29-20(2)26-23-16-8-9-17-24(23)27(21-12-4-5-13-21)30(26)28(29)22-14-6-7-15-22/h3,8-11,16-18,21-22,27H,4-7,12-15H2,1-2H3/q+1/i27D. The monoisotopic (exact) mass is 398 g/mol. The third-order valence-corrected chi connectivity index (χ3v) is 7.88. The Balaban J connectivity index is 1.71. The second-order valence-electron chi connectivity index (χ2n) is 9.64. The molecule has 0 amide bonds. The van der Waals surface area contributed by atoms with Crippen molar-refractivity contribution in [1.29, 1.82) is 0 Å². The van der Waals surface area contributed by atoms with E-state index in [1.165, 1.54) is 91.0 Å². The van der Waals surface area contributed by atoms with Crippen LogP contribution in [-0.4, -0.2) is 4.57 Å². The van der Waals surface area contributed by atoms with Crippen LogP contribution in [0.25, 0.3) is 16.9 Å². The van der Waals surface area contributed by atoms with Gasteiger partial charge in [0.25, 0.3) is 5.82 Å². The van der Waals surface area contributed by atoms with Gasteiger partial charge in [0, 0.05) is 24.0 Å². The number of aryl methyl sites for hydroxylation is 1. The molecule has 0 spiro atoms. The van der Waals surface area contributed by atoms with Gasteiger partial charge in [0.15, 0.2) is 11.4 Å². The van der Waals surface area contributed by atoms with Crippen LogP contribution < -0.4 is 4.57 Å². The summed E-state index contributed by atoms with van der Waals surface area (Å²) in [5, 5.41) is 0. The van der Waals surface area contributed by atoms with E-state index in [2.05, 4.69) is 71.5 Å². The average molecular weight is 399 g/mol. The summed E-state index contributed by atoms with van der Waals surface area (Å²) in [5.74, 6) is 2.32. The van der Waals surface area contributed by atoms with E-state index in [0.29, 0.717) is 11.8 Å². The Kier molecular flexibility index (Phi) is 4.11. The summed E-state index contributed by atoms with van der Waals surface area (Å²) in [4.78, 5) is 0. The van der Waals surface area contributed by atoms with Gasteiger partial charge in [0.1, 0.15) is 11.7 Å². The van der Waals surface area contributed by atoms with E-state index in [-0.39, 0.29) is 0 Å². The summed E-state index contributed by atoms with van der Waals surface area (Å²) >= 11 is 0. The normalized spacial score (nSPS) is 24.3. The molecule has 2 aliphatic carbocycles. The van der Waals surface area contributed by atoms with Crippen LogP contribution >= 0.6 is 0 Å². The maximum absolute atomic E-state index is 10.1. The summed E-state index contributed by atoms with van der Waals surface area (Å²) in [6.45, 7) is 4.51. The van der Waals surface area contributed by atoms with Crippen molar-refractivity contribution in [1.82, 2.24) is 4.57 Å². The van der Waals surface area contributed by atoms with Gasteiger partial charge < -0.3 is 0 Å². The van der Waals surface area contributed by atoms with Gasteiger partial charge in [-0.25, -0.2) is 4.57 Å². The number of para-hydroxylation sites is 1. The number of fused-ring (bicyclic) bond motifs is 3. The van der Waals surface area contributed by atoms with Crippen LogP contribution in [0.4, 0.5) is 0 Å². The van der Waals surface area contributed by atoms with Gasteiger partial charge in [0.2, 0.25) is 0 Å². The molecule has 1 aromatic heterocycles. The molecule has 0 radical (unpaired) electrons. The second-order valence-corrected chi connectivity index (χ2v) is 9.64.